The van der Waals surface area contributed by atoms with Gasteiger partial charge in [-0.3, -0.25) is 4.98 Å². The molecule has 0 aliphatic carbocycles. The number of morpholine rings is 1. The van der Waals surface area contributed by atoms with Crippen molar-refractivity contribution in [3.05, 3.63) is 43.0 Å². The summed E-state index contributed by atoms with van der Waals surface area (Å²) in [6.45, 7) is 6.90. The molecule has 0 atom stereocenters. The number of aryl methyl sites for hydroxylation is 1. The highest BCUT2D eigenvalue weighted by atomic mass is 16.5. The molecule has 1 saturated heterocycles. The van der Waals surface area contributed by atoms with Crippen LogP contribution in [-0.4, -0.2) is 71.3 Å². The number of nitrogens with zero attached hydrogens (tertiary/aromatic N) is 8. The lowest BCUT2D eigenvalue weighted by Crippen LogP contribution is -2.37. The first kappa shape index (κ1) is 20.5. The van der Waals surface area contributed by atoms with Crippen LogP contribution in [0.25, 0.3) is 28.5 Å². The van der Waals surface area contributed by atoms with E-state index in [4.69, 9.17) is 19.7 Å². The molecule has 10 nitrogen and oxygen atoms in total. The fourth-order valence-electron chi connectivity index (χ4n) is 3.78. The molecule has 0 bridgehead atoms. The van der Waals surface area contributed by atoms with E-state index in [0.717, 1.165) is 35.8 Å². The number of fused-ring (bicyclic) bond motifs is 1. The van der Waals surface area contributed by atoms with Crippen molar-refractivity contribution < 1.29 is 9.84 Å². The third kappa shape index (κ3) is 4.06. The van der Waals surface area contributed by atoms with E-state index in [9.17, 15) is 5.11 Å². The van der Waals surface area contributed by atoms with Gasteiger partial charge in [0.1, 0.15) is 5.82 Å². The third-order valence-electron chi connectivity index (χ3n) is 5.47. The van der Waals surface area contributed by atoms with Crippen LogP contribution >= 0.6 is 0 Å². The first-order valence-corrected chi connectivity index (χ1v) is 10.7. The topological polar surface area (TPSA) is 107 Å². The van der Waals surface area contributed by atoms with Gasteiger partial charge in [0.15, 0.2) is 17.0 Å². The minimum absolute atomic E-state index is 0.481. The number of pyridine rings is 1. The van der Waals surface area contributed by atoms with Crippen LogP contribution in [0.1, 0.15) is 20.3 Å². The van der Waals surface area contributed by atoms with E-state index in [1.165, 1.54) is 0 Å². The molecule has 10 heteroatoms. The smallest absolute Gasteiger partial charge is 0.254 e. The third-order valence-corrected chi connectivity index (χ3v) is 5.47. The second kappa shape index (κ2) is 8.29. The number of aromatic nitrogens is 7. The molecule has 1 aliphatic heterocycles. The van der Waals surface area contributed by atoms with E-state index in [-0.39, 0.29) is 0 Å². The van der Waals surface area contributed by atoms with Crippen molar-refractivity contribution in [2.45, 2.75) is 32.4 Å². The van der Waals surface area contributed by atoms with Crippen LogP contribution in [0.4, 0.5) is 5.82 Å². The Kier molecular flexibility index (Phi) is 5.32. The summed E-state index contributed by atoms with van der Waals surface area (Å²) >= 11 is 0. The number of ether oxygens (including phenoxy) is 1. The lowest BCUT2D eigenvalue weighted by molar-refractivity contribution is 0.0666. The Hall–Kier alpha value is -3.37. The maximum Gasteiger partial charge on any atom is 0.254 e. The Morgan fingerprint density at radius 1 is 1.06 bits per heavy atom. The van der Waals surface area contributed by atoms with Crippen molar-refractivity contribution in [3.63, 3.8) is 0 Å². The molecule has 166 valence electrons. The zero-order valence-corrected chi connectivity index (χ0v) is 18.2. The zero-order valence-electron chi connectivity index (χ0n) is 18.2. The van der Waals surface area contributed by atoms with Crippen LogP contribution < -0.4 is 4.90 Å². The molecule has 1 fully saturated rings. The molecule has 0 amide bonds. The van der Waals surface area contributed by atoms with Gasteiger partial charge in [-0.25, -0.2) is 9.67 Å². The Labute approximate surface area is 185 Å². The van der Waals surface area contributed by atoms with Crippen LogP contribution in [0.2, 0.25) is 0 Å². The lowest BCUT2D eigenvalue weighted by atomic mass is 10.1. The Bertz CT molecular complexity index is 1190. The van der Waals surface area contributed by atoms with Crippen molar-refractivity contribution in [1.82, 2.24) is 34.3 Å². The zero-order chi connectivity index (χ0) is 22.1. The molecule has 32 heavy (non-hydrogen) atoms. The van der Waals surface area contributed by atoms with Crippen molar-refractivity contribution in [3.8, 4) is 17.3 Å². The molecule has 4 aromatic heterocycles. The van der Waals surface area contributed by atoms with Gasteiger partial charge in [0, 0.05) is 50.0 Å². The van der Waals surface area contributed by atoms with Crippen molar-refractivity contribution in [2.24, 2.45) is 0 Å². The number of rotatable bonds is 6. The van der Waals surface area contributed by atoms with Crippen LogP contribution in [0.3, 0.4) is 0 Å². The van der Waals surface area contributed by atoms with E-state index in [1.807, 2.05) is 38.2 Å². The standard InChI is InChI=1S/C22H26N8O2/c1-22(2,31)6-11-29-18(16-4-8-23-9-5-16)25-17-19(28-12-14-32-15-13-28)26-21(27-20(17)29)30-10-3-7-24-30/h3-5,7-10,31H,6,11-15H2,1-2H3. The molecule has 1 N–H and O–H groups in total. The highest BCUT2D eigenvalue weighted by Crippen LogP contribution is 2.31. The maximum absolute atomic E-state index is 10.4. The average molecular weight is 435 g/mol. The Morgan fingerprint density at radius 3 is 2.53 bits per heavy atom. The fourth-order valence-corrected chi connectivity index (χ4v) is 3.78. The quantitative estimate of drug-likeness (QED) is 0.492. The molecule has 0 radical (unpaired) electrons. The second-order valence-corrected chi connectivity index (χ2v) is 8.45. The highest BCUT2D eigenvalue weighted by Gasteiger charge is 2.25. The van der Waals surface area contributed by atoms with E-state index < -0.39 is 5.60 Å². The van der Waals surface area contributed by atoms with E-state index in [2.05, 4.69) is 19.5 Å². The SMILES string of the molecule is CC(C)(O)CCn1c(-c2ccncc2)nc2c(N3CCOCC3)nc(-n3cccn3)nc21. The summed E-state index contributed by atoms with van der Waals surface area (Å²) in [5.74, 6) is 2.02. The summed E-state index contributed by atoms with van der Waals surface area (Å²) in [7, 11) is 0. The van der Waals surface area contributed by atoms with Crippen LogP contribution in [-0.2, 0) is 11.3 Å². The number of anilines is 1. The molecular formula is C22H26N8O2. The van der Waals surface area contributed by atoms with Crippen LogP contribution in [0.5, 0.6) is 0 Å². The average Bonchev–Trinajstić information content (AvgIpc) is 3.46. The van der Waals surface area contributed by atoms with E-state index >= 15 is 0 Å². The molecule has 0 unspecified atom stereocenters. The van der Waals surface area contributed by atoms with E-state index in [1.54, 1.807) is 23.3 Å². The first-order valence-electron chi connectivity index (χ1n) is 10.7. The predicted molar refractivity (Wildman–Crippen MR) is 120 cm³/mol. The maximum atomic E-state index is 10.4. The molecule has 4 aromatic rings. The summed E-state index contributed by atoms with van der Waals surface area (Å²) in [6, 6.07) is 5.70. The van der Waals surface area contributed by atoms with Crippen molar-refractivity contribution in [1.29, 1.82) is 0 Å². The van der Waals surface area contributed by atoms with Crippen LogP contribution in [0, 0.1) is 0 Å². The molecule has 5 rings (SSSR count). The minimum Gasteiger partial charge on any atom is -0.390 e. The monoisotopic (exact) mass is 434 g/mol. The second-order valence-electron chi connectivity index (χ2n) is 8.45. The highest BCUT2D eigenvalue weighted by molar-refractivity contribution is 5.87. The predicted octanol–water partition coefficient (Wildman–Crippen LogP) is 2.07. The number of imidazole rings is 1. The Balaban J connectivity index is 1.74. The van der Waals surface area contributed by atoms with Gasteiger partial charge in [0.2, 0.25) is 0 Å². The van der Waals surface area contributed by atoms with E-state index in [0.29, 0.717) is 37.8 Å². The van der Waals surface area contributed by atoms with Gasteiger partial charge in [0.25, 0.3) is 5.95 Å². The molecule has 1 aliphatic rings. The number of aliphatic hydroxyl groups is 1. The fraction of sp³-hybridized carbons (Fsp3) is 0.409. The Morgan fingerprint density at radius 2 is 1.84 bits per heavy atom. The van der Waals surface area contributed by atoms with Crippen LogP contribution in [0.15, 0.2) is 43.0 Å². The summed E-state index contributed by atoms with van der Waals surface area (Å²) < 4.78 is 9.26. The summed E-state index contributed by atoms with van der Waals surface area (Å²) in [4.78, 5) is 21.0. The molecular weight excluding hydrogens is 408 g/mol. The molecule has 0 aromatic carbocycles. The molecule has 0 spiro atoms. The molecule has 5 heterocycles. The van der Waals surface area contributed by atoms with Gasteiger partial charge in [-0.15, -0.1) is 0 Å². The van der Waals surface area contributed by atoms with Gasteiger partial charge in [-0.1, -0.05) is 0 Å². The summed E-state index contributed by atoms with van der Waals surface area (Å²) in [5.41, 5.74) is 1.55. The first-order chi connectivity index (χ1) is 15.5. The van der Waals surface area contributed by atoms with Gasteiger partial charge in [0.05, 0.1) is 18.8 Å². The normalized spacial score (nSPS) is 14.9. The number of hydrogen-bond acceptors (Lipinski definition) is 8. The van der Waals surface area contributed by atoms with Gasteiger partial charge in [-0.2, -0.15) is 15.1 Å². The molecule has 0 saturated carbocycles. The number of hydrogen-bond donors (Lipinski definition) is 1. The van der Waals surface area contributed by atoms with Gasteiger partial charge >= 0.3 is 0 Å². The summed E-state index contributed by atoms with van der Waals surface area (Å²) in [5, 5.41) is 14.7. The van der Waals surface area contributed by atoms with Crippen molar-refractivity contribution >= 4 is 17.0 Å². The largest absolute Gasteiger partial charge is 0.390 e. The van der Waals surface area contributed by atoms with Gasteiger partial charge < -0.3 is 19.3 Å². The summed E-state index contributed by atoms with van der Waals surface area (Å²) in [6.07, 6.45) is 7.57. The lowest BCUT2D eigenvalue weighted by Gasteiger charge is -2.28. The van der Waals surface area contributed by atoms with Crippen molar-refractivity contribution in [2.75, 3.05) is 31.2 Å². The van der Waals surface area contributed by atoms with Gasteiger partial charge in [-0.05, 0) is 38.5 Å². The minimum atomic E-state index is -0.822.